The maximum atomic E-state index is 5.04. The molecule has 9 rings (SSSR count). The summed E-state index contributed by atoms with van der Waals surface area (Å²) in [5, 5.41) is 7.31. The quantitative estimate of drug-likeness (QED) is 0.266. The van der Waals surface area contributed by atoms with Gasteiger partial charge in [0.05, 0.1) is 29.9 Å². The summed E-state index contributed by atoms with van der Waals surface area (Å²) in [5.41, 5.74) is 9.60. The summed E-state index contributed by atoms with van der Waals surface area (Å²) in [5.74, 6) is 2.41. The minimum Gasteiger partial charge on any atom is -0.365 e. The van der Waals surface area contributed by atoms with E-state index in [2.05, 4.69) is 165 Å². The van der Waals surface area contributed by atoms with Crippen LogP contribution >= 0.6 is 0 Å². The molecule has 270 valence electrons. The summed E-state index contributed by atoms with van der Waals surface area (Å²) in [7, 11) is 0. The second-order valence-corrected chi connectivity index (χ2v) is 16.5. The van der Waals surface area contributed by atoms with E-state index >= 15 is 0 Å². The molecule has 53 heavy (non-hydrogen) atoms. The number of allylic oxidation sites excluding steroid dienone is 16. The number of aliphatic imine (C=N–C) groups is 2. The normalized spacial score (nSPS) is 34.7. The van der Waals surface area contributed by atoms with Crippen molar-refractivity contribution >= 4 is 17.6 Å². The van der Waals surface area contributed by atoms with Crippen LogP contribution in [0.2, 0.25) is 0 Å². The van der Waals surface area contributed by atoms with Crippen molar-refractivity contribution in [2.24, 2.45) is 38.6 Å². The molecule has 0 radical (unpaired) electrons. The Morgan fingerprint density at radius 3 is 2.51 bits per heavy atom. The smallest absolute Gasteiger partial charge is 0.128 e. The lowest BCUT2D eigenvalue weighted by Gasteiger charge is -2.42. The predicted octanol–water partition coefficient (Wildman–Crippen LogP) is 9.91. The molecule has 8 aliphatic rings. The topological polar surface area (TPSA) is 48.8 Å². The van der Waals surface area contributed by atoms with E-state index in [9.17, 15) is 0 Å². The number of hydrogen-bond donors (Lipinski definition) is 2. The standard InChI is InChI=1S/C49H54N4/c1-4-49(5-2)40-30-35(16-14-34-20-25-38(26-21-34)47-52-43-12-8-9-13-44(43)53-47)22-27-39(40)48(3)29-28-36(31-46(48)49)17-15-33-18-23-37(24-19-33)45-32-50-41-10-6-7-11-42(41)51-45/h6-8,10-12,14-20,22-29,31,34-35,41-44,46,50H,4-5,9,13,21,30,32H2,1-3H3,(H,52,53)/b16-14?,17-15+. The number of amidine groups is 1. The highest BCUT2D eigenvalue weighted by Crippen LogP contribution is 2.65. The number of nitrogens with zero attached hydrogens (tertiary/aromatic N) is 2. The van der Waals surface area contributed by atoms with Gasteiger partial charge in [0, 0.05) is 17.5 Å². The Kier molecular flexibility index (Phi) is 9.06. The number of benzene rings is 1. The van der Waals surface area contributed by atoms with Crippen LogP contribution in [0.15, 0.2) is 160 Å². The minimum atomic E-state index is 0.0280. The molecule has 0 saturated heterocycles. The molecule has 0 spiro atoms. The van der Waals surface area contributed by atoms with Gasteiger partial charge >= 0.3 is 0 Å². The van der Waals surface area contributed by atoms with Crippen molar-refractivity contribution in [2.75, 3.05) is 6.54 Å². The first-order chi connectivity index (χ1) is 26.0. The van der Waals surface area contributed by atoms with Crippen molar-refractivity contribution in [3.8, 4) is 0 Å². The molecule has 4 heteroatoms. The van der Waals surface area contributed by atoms with E-state index in [-0.39, 0.29) is 16.9 Å². The summed E-state index contributed by atoms with van der Waals surface area (Å²) in [4.78, 5) is 10.0. The number of nitrogens with one attached hydrogen (secondary N) is 2. The highest BCUT2D eigenvalue weighted by molar-refractivity contribution is 6.03. The lowest BCUT2D eigenvalue weighted by atomic mass is 9.61. The molecule has 2 N–H and O–H groups in total. The van der Waals surface area contributed by atoms with E-state index in [0.29, 0.717) is 35.9 Å². The Morgan fingerprint density at radius 2 is 1.70 bits per heavy atom. The van der Waals surface area contributed by atoms with Crippen LogP contribution < -0.4 is 10.6 Å². The summed E-state index contributed by atoms with van der Waals surface area (Å²) in [6, 6.07) is 10.2. The monoisotopic (exact) mass is 698 g/mol. The fourth-order valence-corrected chi connectivity index (χ4v) is 10.4. The van der Waals surface area contributed by atoms with Gasteiger partial charge in [0.2, 0.25) is 0 Å². The van der Waals surface area contributed by atoms with E-state index < -0.39 is 0 Å². The third-order valence-corrected chi connectivity index (χ3v) is 13.6. The molecule has 0 fully saturated rings. The number of rotatable bonds is 8. The Hall–Kier alpha value is -4.54. The molecule has 2 heterocycles. The van der Waals surface area contributed by atoms with Crippen LogP contribution in [-0.4, -0.2) is 42.3 Å². The van der Waals surface area contributed by atoms with Crippen molar-refractivity contribution in [1.29, 1.82) is 0 Å². The van der Waals surface area contributed by atoms with E-state index in [1.165, 1.54) is 28.7 Å². The van der Waals surface area contributed by atoms with Gasteiger partial charge in [0.25, 0.3) is 0 Å². The van der Waals surface area contributed by atoms with Crippen LogP contribution in [0.3, 0.4) is 0 Å². The lowest BCUT2D eigenvalue weighted by molar-refractivity contribution is 0.182. The average molecular weight is 699 g/mol. The third-order valence-electron chi connectivity index (χ3n) is 13.6. The Bertz CT molecular complexity index is 2030. The van der Waals surface area contributed by atoms with Crippen LogP contribution in [0, 0.1) is 28.6 Å². The van der Waals surface area contributed by atoms with Crippen LogP contribution in [0.25, 0.3) is 6.08 Å². The fourth-order valence-electron chi connectivity index (χ4n) is 10.4. The summed E-state index contributed by atoms with van der Waals surface area (Å²) in [6.45, 7) is 8.14. The van der Waals surface area contributed by atoms with Crippen LogP contribution in [0.1, 0.15) is 70.4 Å². The zero-order chi connectivity index (χ0) is 36.0. The number of hydrogen-bond acceptors (Lipinski definition) is 4. The maximum absolute atomic E-state index is 5.04. The van der Waals surface area contributed by atoms with Gasteiger partial charge in [-0.25, -0.2) is 0 Å². The zero-order valence-corrected chi connectivity index (χ0v) is 31.6. The fraction of sp³-hybridized carbons (Fsp3) is 0.388. The third kappa shape index (κ3) is 6.23. The van der Waals surface area contributed by atoms with Crippen molar-refractivity contribution < 1.29 is 0 Å². The molecular weight excluding hydrogens is 645 g/mol. The van der Waals surface area contributed by atoms with Crippen molar-refractivity contribution in [3.05, 3.63) is 161 Å². The molecule has 1 aromatic rings. The maximum Gasteiger partial charge on any atom is 0.128 e. The highest BCUT2D eigenvalue weighted by atomic mass is 15.1. The first-order valence-corrected chi connectivity index (χ1v) is 20.3. The second-order valence-electron chi connectivity index (χ2n) is 16.5. The average Bonchev–Trinajstić information content (AvgIpc) is 3.74. The van der Waals surface area contributed by atoms with Crippen molar-refractivity contribution in [3.63, 3.8) is 0 Å². The zero-order valence-electron chi connectivity index (χ0n) is 31.6. The van der Waals surface area contributed by atoms with Gasteiger partial charge in [-0.2, -0.15) is 0 Å². The van der Waals surface area contributed by atoms with E-state index in [4.69, 9.17) is 9.98 Å². The second kappa shape index (κ2) is 14.0. The molecule has 8 atom stereocenters. The lowest BCUT2D eigenvalue weighted by Crippen LogP contribution is -2.45. The van der Waals surface area contributed by atoms with Gasteiger partial charge in [-0.15, -0.1) is 0 Å². The molecule has 0 bridgehead atoms. The SMILES string of the molecule is CCC1(CC)C2=C(C=CC(C=CC3C=CC(C4=NC5C=CCCC5N4)=CC3)C2)C2(C)C=CC(/C=C/c3ccc(C4=NC5C=CC=CC5NC4)cc3)=CC21. The van der Waals surface area contributed by atoms with Crippen LogP contribution in [0.4, 0.5) is 0 Å². The van der Waals surface area contributed by atoms with Gasteiger partial charge < -0.3 is 10.6 Å². The Labute approximate surface area is 316 Å². The van der Waals surface area contributed by atoms with E-state index in [1.54, 1.807) is 11.1 Å². The van der Waals surface area contributed by atoms with E-state index in [0.717, 1.165) is 50.2 Å². The summed E-state index contributed by atoms with van der Waals surface area (Å²) in [6.07, 6.45) is 49.0. The largest absolute Gasteiger partial charge is 0.365 e. The van der Waals surface area contributed by atoms with Gasteiger partial charge in [0.15, 0.2) is 0 Å². The first-order valence-electron chi connectivity index (χ1n) is 20.3. The molecule has 8 unspecified atom stereocenters. The van der Waals surface area contributed by atoms with Crippen LogP contribution in [0.5, 0.6) is 0 Å². The molecule has 4 nitrogen and oxygen atoms in total. The Morgan fingerprint density at radius 1 is 0.868 bits per heavy atom. The minimum absolute atomic E-state index is 0.0280. The summed E-state index contributed by atoms with van der Waals surface area (Å²) < 4.78 is 0. The van der Waals surface area contributed by atoms with Crippen molar-refractivity contribution in [2.45, 2.75) is 83.5 Å². The molecule has 0 saturated carbocycles. The highest BCUT2D eigenvalue weighted by Gasteiger charge is 2.56. The molecule has 0 amide bonds. The molecule has 6 aliphatic carbocycles. The molecular formula is C49H54N4. The Balaban J connectivity index is 0.865. The van der Waals surface area contributed by atoms with Crippen molar-refractivity contribution in [1.82, 2.24) is 10.6 Å². The van der Waals surface area contributed by atoms with Gasteiger partial charge in [0.1, 0.15) is 5.84 Å². The molecule has 0 aromatic heterocycles. The molecule has 2 aliphatic heterocycles. The predicted molar refractivity (Wildman–Crippen MR) is 223 cm³/mol. The first kappa shape index (κ1) is 34.2. The number of fused-ring (bicyclic) bond motifs is 4. The van der Waals surface area contributed by atoms with Gasteiger partial charge in [-0.3, -0.25) is 9.98 Å². The van der Waals surface area contributed by atoms with Gasteiger partial charge in [-0.05, 0) is 84.0 Å². The van der Waals surface area contributed by atoms with Crippen LogP contribution in [-0.2, 0) is 0 Å². The van der Waals surface area contributed by atoms with Gasteiger partial charge in [-0.1, -0.05) is 160 Å². The molecule has 1 aromatic carbocycles. The van der Waals surface area contributed by atoms with E-state index in [1.807, 2.05) is 0 Å². The summed E-state index contributed by atoms with van der Waals surface area (Å²) >= 11 is 0.